The predicted molar refractivity (Wildman–Crippen MR) is 69.4 cm³/mol. The molecular weight excluding hydrogens is 217 g/mol. The monoisotopic (exact) mass is 235 g/mol. The molecule has 1 aromatic carbocycles. The minimum absolute atomic E-state index is 0.165. The van der Waals surface area contributed by atoms with Crippen LogP contribution in [0, 0.1) is 11.2 Å². The standard InChI is InChI=1S/C13H18FN3/c1-13(2,3)11(15)8-12(16)17-10-6-4-5-9(14)7-10/h4-8H,15H2,1-3H3,(H2,16,17). The van der Waals surface area contributed by atoms with Crippen molar-refractivity contribution in [2.75, 3.05) is 0 Å². The molecule has 92 valence electrons. The Kier molecular flexibility index (Phi) is 3.89. The highest BCUT2D eigenvalue weighted by molar-refractivity contribution is 5.93. The zero-order chi connectivity index (χ0) is 13.1. The third-order valence-corrected chi connectivity index (χ3v) is 2.24. The molecule has 1 rings (SSSR count). The van der Waals surface area contributed by atoms with E-state index in [4.69, 9.17) is 11.5 Å². The minimum Gasteiger partial charge on any atom is -0.401 e. The lowest BCUT2D eigenvalue weighted by molar-refractivity contribution is 0.498. The number of rotatable bonds is 2. The summed E-state index contributed by atoms with van der Waals surface area (Å²) in [5, 5.41) is 0. The van der Waals surface area contributed by atoms with E-state index >= 15 is 0 Å². The first-order valence-electron chi connectivity index (χ1n) is 5.36. The number of nitrogens with zero attached hydrogens (tertiary/aromatic N) is 1. The maximum atomic E-state index is 12.9. The van der Waals surface area contributed by atoms with Gasteiger partial charge in [0, 0.05) is 11.1 Å². The van der Waals surface area contributed by atoms with E-state index < -0.39 is 0 Å². The molecule has 0 saturated heterocycles. The van der Waals surface area contributed by atoms with Gasteiger partial charge in [0.05, 0.1) is 5.69 Å². The van der Waals surface area contributed by atoms with Gasteiger partial charge in [-0.15, -0.1) is 0 Å². The van der Waals surface area contributed by atoms with Gasteiger partial charge in [0.25, 0.3) is 0 Å². The number of halogens is 1. The topological polar surface area (TPSA) is 64.4 Å². The zero-order valence-electron chi connectivity index (χ0n) is 10.4. The van der Waals surface area contributed by atoms with Crippen molar-refractivity contribution in [2.24, 2.45) is 21.9 Å². The van der Waals surface area contributed by atoms with Crippen molar-refractivity contribution in [3.8, 4) is 0 Å². The average molecular weight is 235 g/mol. The van der Waals surface area contributed by atoms with E-state index in [1.54, 1.807) is 18.2 Å². The van der Waals surface area contributed by atoms with Crippen molar-refractivity contribution in [3.05, 3.63) is 41.9 Å². The van der Waals surface area contributed by atoms with Gasteiger partial charge in [-0.05, 0) is 24.3 Å². The summed E-state index contributed by atoms with van der Waals surface area (Å²) >= 11 is 0. The molecule has 0 spiro atoms. The van der Waals surface area contributed by atoms with Crippen molar-refractivity contribution >= 4 is 11.5 Å². The van der Waals surface area contributed by atoms with Crippen LogP contribution in [0.1, 0.15) is 20.8 Å². The fraction of sp³-hybridized carbons (Fsp3) is 0.308. The van der Waals surface area contributed by atoms with Gasteiger partial charge in [0.15, 0.2) is 0 Å². The smallest absolute Gasteiger partial charge is 0.125 e. The first-order chi connectivity index (χ1) is 7.79. The Morgan fingerprint density at radius 3 is 2.47 bits per heavy atom. The molecular formula is C13H18FN3. The Morgan fingerprint density at radius 1 is 1.29 bits per heavy atom. The molecule has 3 nitrogen and oxygen atoms in total. The van der Waals surface area contributed by atoms with E-state index in [1.165, 1.54) is 12.1 Å². The number of nitrogens with two attached hydrogens (primary N) is 2. The molecule has 0 aliphatic rings. The predicted octanol–water partition coefficient (Wildman–Crippen LogP) is 2.70. The molecule has 0 saturated carbocycles. The SMILES string of the molecule is CC(C)(C)C(N)=CC(N)=Nc1cccc(F)c1. The maximum Gasteiger partial charge on any atom is 0.125 e. The van der Waals surface area contributed by atoms with Gasteiger partial charge in [-0.2, -0.15) is 0 Å². The van der Waals surface area contributed by atoms with Crippen LogP contribution < -0.4 is 11.5 Å². The van der Waals surface area contributed by atoms with Gasteiger partial charge in [-0.25, -0.2) is 9.38 Å². The summed E-state index contributed by atoms with van der Waals surface area (Å²) in [6, 6.07) is 5.93. The molecule has 0 aromatic heterocycles. The first kappa shape index (κ1) is 13.2. The molecule has 17 heavy (non-hydrogen) atoms. The van der Waals surface area contributed by atoms with Gasteiger partial charge in [-0.3, -0.25) is 0 Å². The molecule has 0 amide bonds. The van der Waals surface area contributed by atoms with Crippen molar-refractivity contribution < 1.29 is 4.39 Å². The number of allylic oxidation sites excluding steroid dienone is 1. The average Bonchev–Trinajstić information content (AvgIpc) is 2.15. The highest BCUT2D eigenvalue weighted by Crippen LogP contribution is 2.20. The van der Waals surface area contributed by atoms with Crippen LogP contribution in [-0.2, 0) is 0 Å². The number of hydrogen-bond donors (Lipinski definition) is 2. The summed E-state index contributed by atoms with van der Waals surface area (Å²) in [6.45, 7) is 5.94. The number of aliphatic imine (C=N–C) groups is 1. The van der Waals surface area contributed by atoms with Gasteiger partial charge in [0.2, 0.25) is 0 Å². The Morgan fingerprint density at radius 2 is 1.94 bits per heavy atom. The Hall–Kier alpha value is -1.84. The van der Waals surface area contributed by atoms with Crippen LogP contribution in [0.3, 0.4) is 0 Å². The molecule has 0 fully saturated rings. The lowest BCUT2D eigenvalue weighted by Crippen LogP contribution is -2.20. The van der Waals surface area contributed by atoms with Crippen LogP contribution in [0.2, 0.25) is 0 Å². The molecule has 0 unspecified atom stereocenters. The molecule has 4 heteroatoms. The largest absolute Gasteiger partial charge is 0.401 e. The maximum absolute atomic E-state index is 12.9. The van der Waals surface area contributed by atoms with Crippen LogP contribution in [-0.4, -0.2) is 5.84 Å². The highest BCUT2D eigenvalue weighted by atomic mass is 19.1. The van der Waals surface area contributed by atoms with Crippen LogP contribution in [0.25, 0.3) is 0 Å². The van der Waals surface area contributed by atoms with Gasteiger partial charge < -0.3 is 11.5 Å². The summed E-state index contributed by atoms with van der Waals surface area (Å²) in [5.74, 6) is -0.0742. The molecule has 0 aliphatic heterocycles. The molecule has 1 aromatic rings. The van der Waals surface area contributed by atoms with E-state index in [-0.39, 0.29) is 17.1 Å². The van der Waals surface area contributed by atoms with E-state index in [1.807, 2.05) is 20.8 Å². The van der Waals surface area contributed by atoms with Gasteiger partial charge in [0.1, 0.15) is 11.7 Å². The summed E-state index contributed by atoms with van der Waals surface area (Å²) in [6.07, 6.45) is 1.60. The second-order valence-electron chi connectivity index (χ2n) is 4.87. The minimum atomic E-state index is -0.341. The molecule has 0 aliphatic carbocycles. The fourth-order valence-electron chi connectivity index (χ4n) is 1.10. The lowest BCUT2D eigenvalue weighted by atomic mass is 9.92. The zero-order valence-corrected chi connectivity index (χ0v) is 10.4. The van der Waals surface area contributed by atoms with Crippen molar-refractivity contribution in [1.29, 1.82) is 0 Å². The number of benzene rings is 1. The first-order valence-corrected chi connectivity index (χ1v) is 5.36. The van der Waals surface area contributed by atoms with Crippen molar-refractivity contribution in [1.82, 2.24) is 0 Å². The van der Waals surface area contributed by atoms with Crippen molar-refractivity contribution in [2.45, 2.75) is 20.8 Å². The number of amidine groups is 1. The summed E-state index contributed by atoms with van der Waals surface area (Å²) in [7, 11) is 0. The van der Waals surface area contributed by atoms with Gasteiger partial charge >= 0.3 is 0 Å². The van der Waals surface area contributed by atoms with E-state index in [2.05, 4.69) is 4.99 Å². The van der Waals surface area contributed by atoms with Gasteiger partial charge in [-0.1, -0.05) is 26.8 Å². The van der Waals surface area contributed by atoms with E-state index in [0.29, 0.717) is 11.4 Å². The Labute approximate surface area is 101 Å². The van der Waals surface area contributed by atoms with Crippen LogP contribution in [0.15, 0.2) is 41.0 Å². The fourth-order valence-corrected chi connectivity index (χ4v) is 1.10. The normalized spacial score (nSPS) is 13.9. The van der Waals surface area contributed by atoms with E-state index in [9.17, 15) is 4.39 Å². The highest BCUT2D eigenvalue weighted by Gasteiger charge is 2.13. The molecule has 0 heterocycles. The van der Waals surface area contributed by atoms with Crippen LogP contribution in [0.4, 0.5) is 10.1 Å². The third-order valence-electron chi connectivity index (χ3n) is 2.24. The summed E-state index contributed by atoms with van der Waals surface area (Å²) in [5.41, 5.74) is 12.5. The molecule has 0 bridgehead atoms. The lowest BCUT2D eigenvalue weighted by Gasteiger charge is -2.18. The summed E-state index contributed by atoms with van der Waals surface area (Å²) < 4.78 is 12.9. The third kappa shape index (κ3) is 4.26. The molecule has 0 radical (unpaired) electrons. The second-order valence-corrected chi connectivity index (χ2v) is 4.87. The van der Waals surface area contributed by atoms with Crippen LogP contribution in [0.5, 0.6) is 0 Å². The quantitative estimate of drug-likeness (QED) is 0.611. The Balaban J connectivity index is 2.94. The van der Waals surface area contributed by atoms with Crippen LogP contribution >= 0.6 is 0 Å². The molecule has 4 N–H and O–H groups in total. The Bertz CT molecular complexity index is 456. The summed E-state index contributed by atoms with van der Waals surface area (Å²) in [4.78, 5) is 4.07. The van der Waals surface area contributed by atoms with Crippen molar-refractivity contribution in [3.63, 3.8) is 0 Å². The number of hydrogen-bond acceptors (Lipinski definition) is 2. The second kappa shape index (κ2) is 4.99. The van der Waals surface area contributed by atoms with E-state index in [0.717, 1.165) is 0 Å². The molecule has 0 atom stereocenters.